The number of benzene rings is 1. The minimum Gasteiger partial charge on any atom is -0.331 e. The number of nitrogens with zero attached hydrogens (tertiary/aromatic N) is 4. The fraction of sp³-hybridized carbons (Fsp3) is 0.350. The average Bonchev–Trinajstić information content (AvgIpc) is 3.12. The van der Waals surface area contributed by atoms with Crippen molar-refractivity contribution in [3.63, 3.8) is 0 Å². The second-order valence-corrected chi connectivity index (χ2v) is 6.61. The second kappa shape index (κ2) is 7.56. The molecule has 6 nitrogen and oxygen atoms in total. The Hall–Kier alpha value is -2.89. The van der Waals surface area contributed by atoms with Crippen molar-refractivity contribution < 1.29 is 9.59 Å². The molecular weight excluding hydrogens is 328 g/mol. The van der Waals surface area contributed by atoms with E-state index in [1.807, 2.05) is 24.3 Å². The Morgan fingerprint density at radius 1 is 1.27 bits per heavy atom. The summed E-state index contributed by atoms with van der Waals surface area (Å²) in [7, 11) is 3.57. The van der Waals surface area contributed by atoms with Crippen molar-refractivity contribution in [2.24, 2.45) is 7.05 Å². The highest BCUT2D eigenvalue weighted by Gasteiger charge is 2.29. The lowest BCUT2D eigenvalue weighted by Crippen LogP contribution is -2.38. The first-order valence-corrected chi connectivity index (χ1v) is 8.81. The lowest BCUT2D eigenvalue weighted by molar-refractivity contribution is -0.113. The molecule has 1 aromatic heterocycles. The Kier molecular flexibility index (Phi) is 5.21. The van der Waals surface area contributed by atoms with Gasteiger partial charge in [0.25, 0.3) is 5.91 Å². The zero-order chi connectivity index (χ0) is 18.7. The Morgan fingerprint density at radius 2 is 2.00 bits per heavy atom. The maximum Gasteiger partial charge on any atom is 0.254 e. The van der Waals surface area contributed by atoms with Gasteiger partial charge < -0.3 is 9.80 Å². The summed E-state index contributed by atoms with van der Waals surface area (Å²) in [6.07, 6.45) is 8.16. The van der Waals surface area contributed by atoms with Crippen molar-refractivity contribution in [2.75, 3.05) is 18.5 Å². The van der Waals surface area contributed by atoms with Crippen LogP contribution in [0.3, 0.4) is 0 Å². The van der Waals surface area contributed by atoms with Crippen molar-refractivity contribution in [3.05, 3.63) is 60.4 Å². The predicted octanol–water partition coefficient (Wildman–Crippen LogP) is 2.94. The average molecular weight is 352 g/mol. The number of rotatable bonds is 4. The lowest BCUT2D eigenvalue weighted by Gasteiger charge is -2.35. The predicted molar refractivity (Wildman–Crippen MR) is 101 cm³/mol. The van der Waals surface area contributed by atoms with E-state index < -0.39 is 0 Å². The number of hydrogen-bond donors (Lipinski definition) is 0. The zero-order valence-electron chi connectivity index (χ0n) is 15.3. The van der Waals surface area contributed by atoms with E-state index in [4.69, 9.17) is 0 Å². The normalized spacial score (nSPS) is 17.0. The van der Waals surface area contributed by atoms with Crippen molar-refractivity contribution in [2.45, 2.75) is 25.3 Å². The van der Waals surface area contributed by atoms with Gasteiger partial charge in [-0.15, -0.1) is 0 Å². The van der Waals surface area contributed by atoms with Crippen LogP contribution in [0.4, 0.5) is 5.69 Å². The molecular formula is C20H24N4O2. The standard InChI is InChI=1S/C20H24N4O2/c1-4-19(25)23(3)17-10-8-15(9-11-17)20(26)24-12-6-5-7-18(24)16-13-21-22(2)14-16/h4,8-11,13-14,18H,1,5-7,12H2,2-3H3. The number of likely N-dealkylation sites (tertiary alicyclic amines) is 1. The fourth-order valence-corrected chi connectivity index (χ4v) is 3.39. The Bertz CT molecular complexity index is 809. The van der Waals surface area contributed by atoms with E-state index in [2.05, 4.69) is 11.7 Å². The van der Waals surface area contributed by atoms with Crippen LogP contribution >= 0.6 is 0 Å². The van der Waals surface area contributed by atoms with Gasteiger partial charge in [-0.25, -0.2) is 0 Å². The van der Waals surface area contributed by atoms with Gasteiger partial charge in [-0.2, -0.15) is 5.10 Å². The third-order valence-electron chi connectivity index (χ3n) is 4.88. The molecule has 1 saturated heterocycles. The van der Waals surface area contributed by atoms with Crippen LogP contribution in [0.2, 0.25) is 0 Å². The number of hydrogen-bond acceptors (Lipinski definition) is 3. The topological polar surface area (TPSA) is 58.4 Å². The molecule has 0 bridgehead atoms. The highest BCUT2D eigenvalue weighted by molar-refractivity contribution is 6.01. The molecule has 1 unspecified atom stereocenters. The van der Waals surface area contributed by atoms with Crippen LogP contribution in [-0.2, 0) is 11.8 Å². The molecule has 2 aromatic rings. The van der Waals surface area contributed by atoms with E-state index in [1.165, 1.54) is 11.0 Å². The zero-order valence-corrected chi connectivity index (χ0v) is 15.3. The number of carbonyl (C=O) groups excluding carboxylic acids is 2. The fourth-order valence-electron chi connectivity index (χ4n) is 3.39. The smallest absolute Gasteiger partial charge is 0.254 e. The largest absolute Gasteiger partial charge is 0.331 e. The molecule has 0 spiro atoms. The second-order valence-electron chi connectivity index (χ2n) is 6.61. The Balaban J connectivity index is 1.80. The molecule has 2 heterocycles. The van der Waals surface area contributed by atoms with Gasteiger partial charge in [-0.3, -0.25) is 14.3 Å². The molecule has 1 fully saturated rings. The van der Waals surface area contributed by atoms with Crippen LogP contribution in [0.15, 0.2) is 49.3 Å². The number of aryl methyl sites for hydroxylation is 1. The van der Waals surface area contributed by atoms with Crippen LogP contribution in [0.25, 0.3) is 0 Å². The highest BCUT2D eigenvalue weighted by Crippen LogP contribution is 2.32. The molecule has 2 amide bonds. The number of carbonyl (C=O) groups is 2. The maximum absolute atomic E-state index is 13.1. The van der Waals surface area contributed by atoms with Crippen molar-refractivity contribution in [1.29, 1.82) is 0 Å². The van der Waals surface area contributed by atoms with Gasteiger partial charge in [0, 0.05) is 43.7 Å². The Morgan fingerprint density at radius 3 is 2.62 bits per heavy atom. The molecule has 1 aliphatic heterocycles. The van der Waals surface area contributed by atoms with Gasteiger partial charge in [0.1, 0.15) is 0 Å². The highest BCUT2D eigenvalue weighted by atomic mass is 16.2. The van der Waals surface area contributed by atoms with Gasteiger partial charge in [-0.1, -0.05) is 6.58 Å². The minimum atomic E-state index is -0.184. The summed E-state index contributed by atoms with van der Waals surface area (Å²) >= 11 is 0. The summed E-state index contributed by atoms with van der Waals surface area (Å²) in [6, 6.07) is 7.20. The third kappa shape index (κ3) is 3.54. The quantitative estimate of drug-likeness (QED) is 0.795. The molecule has 0 N–H and O–H groups in total. The molecule has 136 valence electrons. The molecule has 1 aliphatic rings. The van der Waals surface area contributed by atoms with Gasteiger partial charge >= 0.3 is 0 Å². The third-order valence-corrected chi connectivity index (χ3v) is 4.88. The Labute approximate surface area is 153 Å². The number of piperidine rings is 1. The number of amides is 2. The van der Waals surface area contributed by atoms with Crippen molar-refractivity contribution in [1.82, 2.24) is 14.7 Å². The van der Waals surface area contributed by atoms with Gasteiger partial charge in [0.15, 0.2) is 0 Å². The van der Waals surface area contributed by atoms with Gasteiger partial charge in [-0.05, 0) is 49.6 Å². The van der Waals surface area contributed by atoms with E-state index >= 15 is 0 Å². The molecule has 0 saturated carbocycles. The van der Waals surface area contributed by atoms with E-state index in [0.717, 1.165) is 37.1 Å². The molecule has 0 radical (unpaired) electrons. The van der Waals surface area contributed by atoms with Crippen molar-refractivity contribution in [3.8, 4) is 0 Å². The summed E-state index contributed by atoms with van der Waals surface area (Å²) < 4.78 is 1.77. The first-order chi connectivity index (χ1) is 12.5. The maximum atomic E-state index is 13.1. The van der Waals surface area contributed by atoms with E-state index in [9.17, 15) is 9.59 Å². The number of likely N-dealkylation sites (N-methyl/N-ethyl adjacent to an activating group) is 1. The van der Waals surface area contributed by atoms with Crippen LogP contribution in [0, 0.1) is 0 Å². The van der Waals surface area contributed by atoms with E-state index in [0.29, 0.717) is 5.56 Å². The SMILES string of the molecule is C=CC(=O)N(C)c1ccc(C(=O)N2CCCCC2c2cnn(C)c2)cc1. The van der Waals surface area contributed by atoms with Crippen LogP contribution in [0.5, 0.6) is 0 Å². The van der Waals surface area contributed by atoms with E-state index in [1.54, 1.807) is 36.0 Å². The van der Waals surface area contributed by atoms with Crippen LogP contribution in [-0.4, -0.2) is 40.1 Å². The van der Waals surface area contributed by atoms with E-state index in [-0.39, 0.29) is 17.9 Å². The molecule has 26 heavy (non-hydrogen) atoms. The number of aromatic nitrogens is 2. The number of anilines is 1. The van der Waals surface area contributed by atoms with Crippen LogP contribution < -0.4 is 4.90 Å². The molecule has 3 rings (SSSR count). The first-order valence-electron chi connectivity index (χ1n) is 8.81. The molecule has 0 aliphatic carbocycles. The molecule has 6 heteroatoms. The first kappa shape index (κ1) is 17.9. The molecule has 1 atom stereocenters. The van der Waals surface area contributed by atoms with Crippen LogP contribution in [0.1, 0.15) is 41.2 Å². The summed E-state index contributed by atoms with van der Waals surface area (Å²) in [5.41, 5.74) is 2.44. The monoisotopic (exact) mass is 352 g/mol. The van der Waals surface area contributed by atoms with Gasteiger partial charge in [0.05, 0.1) is 12.2 Å². The van der Waals surface area contributed by atoms with Crippen molar-refractivity contribution >= 4 is 17.5 Å². The minimum absolute atomic E-state index is 0.0165. The summed E-state index contributed by atoms with van der Waals surface area (Å²) in [6.45, 7) is 4.24. The summed E-state index contributed by atoms with van der Waals surface area (Å²) in [4.78, 5) is 28.2. The van der Waals surface area contributed by atoms with Gasteiger partial charge in [0.2, 0.25) is 5.91 Å². The lowest BCUT2D eigenvalue weighted by atomic mass is 9.96. The summed E-state index contributed by atoms with van der Waals surface area (Å²) in [5, 5.41) is 4.25. The summed E-state index contributed by atoms with van der Waals surface area (Å²) in [5.74, 6) is -0.167. The molecule has 1 aromatic carbocycles.